The number of ether oxygens (including phenoxy) is 1. The maximum absolute atomic E-state index is 11.3. The Balaban J connectivity index is 3.91. The Morgan fingerprint density at radius 1 is 1.44 bits per heavy atom. The summed E-state index contributed by atoms with van der Waals surface area (Å²) in [6, 6.07) is 2.00. The standard InChI is InChI=1S/C10H17N3O3/c1-3-13(7-5-6-11)8-9(14)12-10(15)16-4-2/h3-5,7-8H2,1-2H3,(H,12,14,15). The van der Waals surface area contributed by atoms with E-state index in [1.165, 1.54) is 0 Å². The zero-order valence-electron chi connectivity index (χ0n) is 9.65. The van der Waals surface area contributed by atoms with Crippen molar-refractivity contribution in [1.82, 2.24) is 10.2 Å². The van der Waals surface area contributed by atoms with Gasteiger partial charge in [0.2, 0.25) is 5.91 Å². The Kier molecular flexibility index (Phi) is 7.81. The molecule has 0 radical (unpaired) electrons. The molecular formula is C10H17N3O3. The van der Waals surface area contributed by atoms with Crippen molar-refractivity contribution in [2.45, 2.75) is 20.3 Å². The maximum atomic E-state index is 11.3. The van der Waals surface area contributed by atoms with E-state index < -0.39 is 12.0 Å². The number of hydrogen-bond acceptors (Lipinski definition) is 5. The van der Waals surface area contributed by atoms with Gasteiger partial charge in [0.15, 0.2) is 0 Å². The summed E-state index contributed by atoms with van der Waals surface area (Å²) in [5.41, 5.74) is 0. The van der Waals surface area contributed by atoms with Crippen molar-refractivity contribution in [3.05, 3.63) is 0 Å². The molecule has 0 atom stereocenters. The first-order valence-electron chi connectivity index (χ1n) is 5.19. The van der Waals surface area contributed by atoms with E-state index in [0.29, 0.717) is 19.5 Å². The molecule has 0 rings (SSSR count). The molecule has 0 aromatic rings. The molecule has 0 fully saturated rings. The number of carbonyl (C=O) groups excluding carboxylic acids is 2. The summed E-state index contributed by atoms with van der Waals surface area (Å²) >= 11 is 0. The van der Waals surface area contributed by atoms with Gasteiger partial charge in [-0.1, -0.05) is 6.92 Å². The van der Waals surface area contributed by atoms with E-state index >= 15 is 0 Å². The molecule has 0 heterocycles. The van der Waals surface area contributed by atoms with E-state index in [-0.39, 0.29) is 13.2 Å². The molecule has 90 valence electrons. The lowest BCUT2D eigenvalue weighted by Gasteiger charge is -2.17. The zero-order chi connectivity index (χ0) is 12.4. The molecule has 0 spiro atoms. The summed E-state index contributed by atoms with van der Waals surface area (Å²) in [5.74, 6) is -0.418. The van der Waals surface area contributed by atoms with Gasteiger partial charge in [0.1, 0.15) is 0 Å². The van der Waals surface area contributed by atoms with Crippen molar-refractivity contribution in [2.75, 3.05) is 26.2 Å². The van der Waals surface area contributed by atoms with Crippen LogP contribution in [0.4, 0.5) is 4.79 Å². The number of carbonyl (C=O) groups is 2. The molecule has 0 bridgehead atoms. The molecule has 0 aromatic heterocycles. The van der Waals surface area contributed by atoms with Crippen molar-refractivity contribution in [1.29, 1.82) is 5.26 Å². The Labute approximate surface area is 95.2 Å². The van der Waals surface area contributed by atoms with Gasteiger partial charge in [-0.2, -0.15) is 5.26 Å². The smallest absolute Gasteiger partial charge is 0.413 e. The first-order chi connectivity index (χ1) is 7.63. The minimum atomic E-state index is -0.733. The average Bonchev–Trinajstić information content (AvgIpc) is 2.24. The maximum Gasteiger partial charge on any atom is 0.413 e. The van der Waals surface area contributed by atoms with Crippen LogP contribution < -0.4 is 5.32 Å². The van der Waals surface area contributed by atoms with Crippen molar-refractivity contribution in [3.63, 3.8) is 0 Å². The third kappa shape index (κ3) is 6.79. The topological polar surface area (TPSA) is 82.4 Å². The lowest BCUT2D eigenvalue weighted by Crippen LogP contribution is -2.40. The second-order valence-electron chi connectivity index (χ2n) is 3.05. The predicted octanol–water partition coefficient (Wildman–Crippen LogP) is 0.495. The fourth-order valence-electron chi connectivity index (χ4n) is 1.08. The van der Waals surface area contributed by atoms with Gasteiger partial charge in [-0.05, 0) is 13.5 Å². The van der Waals surface area contributed by atoms with Gasteiger partial charge < -0.3 is 4.74 Å². The normalized spacial score (nSPS) is 9.62. The molecule has 0 saturated heterocycles. The number of hydrogen-bond donors (Lipinski definition) is 1. The van der Waals surface area contributed by atoms with Gasteiger partial charge in [-0.15, -0.1) is 0 Å². The van der Waals surface area contributed by atoms with Crippen LogP contribution in [0.1, 0.15) is 20.3 Å². The molecule has 6 nitrogen and oxygen atoms in total. The minimum Gasteiger partial charge on any atom is -0.450 e. The summed E-state index contributed by atoms with van der Waals surface area (Å²) in [4.78, 5) is 24.0. The quantitative estimate of drug-likeness (QED) is 0.714. The molecule has 0 unspecified atom stereocenters. The molecule has 2 amide bonds. The molecular weight excluding hydrogens is 210 g/mol. The Bertz CT molecular complexity index is 273. The van der Waals surface area contributed by atoms with Crippen molar-refractivity contribution < 1.29 is 14.3 Å². The molecule has 0 aliphatic carbocycles. The Morgan fingerprint density at radius 2 is 2.12 bits per heavy atom. The monoisotopic (exact) mass is 227 g/mol. The van der Waals surface area contributed by atoms with Crippen LogP contribution >= 0.6 is 0 Å². The lowest BCUT2D eigenvalue weighted by atomic mass is 10.4. The highest BCUT2D eigenvalue weighted by atomic mass is 16.5. The summed E-state index contributed by atoms with van der Waals surface area (Å²) in [5, 5.41) is 10.5. The van der Waals surface area contributed by atoms with Crippen LogP contribution in [0.5, 0.6) is 0 Å². The van der Waals surface area contributed by atoms with E-state index in [0.717, 1.165) is 0 Å². The number of nitriles is 1. The van der Waals surface area contributed by atoms with Crippen LogP contribution in [-0.2, 0) is 9.53 Å². The van der Waals surface area contributed by atoms with Crippen molar-refractivity contribution in [2.24, 2.45) is 0 Å². The summed E-state index contributed by atoms with van der Waals surface area (Å²) in [6.45, 7) is 5.04. The number of imide groups is 1. The minimum absolute atomic E-state index is 0.0942. The fourth-order valence-corrected chi connectivity index (χ4v) is 1.08. The van der Waals surface area contributed by atoms with Gasteiger partial charge in [-0.3, -0.25) is 15.0 Å². The van der Waals surface area contributed by atoms with E-state index in [1.54, 1.807) is 11.8 Å². The zero-order valence-corrected chi connectivity index (χ0v) is 9.65. The van der Waals surface area contributed by atoms with Crippen LogP contribution in [0.25, 0.3) is 0 Å². The van der Waals surface area contributed by atoms with Crippen LogP contribution in [-0.4, -0.2) is 43.1 Å². The molecule has 16 heavy (non-hydrogen) atoms. The summed E-state index contributed by atoms with van der Waals surface area (Å²) in [7, 11) is 0. The molecule has 0 saturated carbocycles. The number of nitrogens with one attached hydrogen (secondary N) is 1. The molecule has 0 aromatic carbocycles. The third-order valence-corrected chi connectivity index (χ3v) is 1.87. The van der Waals surface area contributed by atoms with E-state index in [9.17, 15) is 9.59 Å². The number of amides is 2. The van der Waals surface area contributed by atoms with Crippen molar-refractivity contribution >= 4 is 12.0 Å². The van der Waals surface area contributed by atoms with Crippen molar-refractivity contribution in [3.8, 4) is 6.07 Å². The number of nitrogens with zero attached hydrogens (tertiary/aromatic N) is 2. The molecule has 6 heteroatoms. The largest absolute Gasteiger partial charge is 0.450 e. The van der Waals surface area contributed by atoms with Crippen LogP contribution in [0.15, 0.2) is 0 Å². The van der Waals surface area contributed by atoms with Crippen LogP contribution in [0.3, 0.4) is 0 Å². The lowest BCUT2D eigenvalue weighted by molar-refractivity contribution is -0.121. The number of likely N-dealkylation sites (N-methyl/N-ethyl adjacent to an activating group) is 1. The van der Waals surface area contributed by atoms with E-state index in [4.69, 9.17) is 5.26 Å². The molecule has 0 aliphatic rings. The van der Waals surface area contributed by atoms with Crippen LogP contribution in [0.2, 0.25) is 0 Å². The number of rotatable bonds is 6. The van der Waals surface area contributed by atoms with Gasteiger partial charge in [-0.25, -0.2) is 4.79 Å². The highest BCUT2D eigenvalue weighted by Gasteiger charge is 2.11. The highest BCUT2D eigenvalue weighted by molar-refractivity contribution is 5.92. The van der Waals surface area contributed by atoms with E-state index in [1.807, 2.05) is 13.0 Å². The SMILES string of the molecule is CCOC(=O)NC(=O)CN(CC)CCC#N. The molecule has 1 N–H and O–H groups in total. The van der Waals surface area contributed by atoms with Crippen LogP contribution in [0, 0.1) is 11.3 Å². The summed E-state index contributed by atoms with van der Waals surface area (Å²) in [6.07, 6.45) is -0.371. The molecule has 0 aliphatic heterocycles. The summed E-state index contributed by atoms with van der Waals surface area (Å²) < 4.78 is 4.57. The fraction of sp³-hybridized carbons (Fsp3) is 0.700. The third-order valence-electron chi connectivity index (χ3n) is 1.87. The second-order valence-corrected chi connectivity index (χ2v) is 3.05. The first kappa shape index (κ1) is 14.4. The van der Waals surface area contributed by atoms with Gasteiger partial charge in [0.25, 0.3) is 0 Å². The number of alkyl carbamates (subject to hydrolysis) is 1. The van der Waals surface area contributed by atoms with Gasteiger partial charge in [0, 0.05) is 13.0 Å². The predicted molar refractivity (Wildman–Crippen MR) is 57.5 cm³/mol. The Hall–Kier alpha value is -1.61. The first-order valence-corrected chi connectivity index (χ1v) is 5.19. The van der Waals surface area contributed by atoms with E-state index in [2.05, 4.69) is 10.1 Å². The van der Waals surface area contributed by atoms with Gasteiger partial charge in [0.05, 0.1) is 19.2 Å². The second kappa shape index (κ2) is 8.68. The average molecular weight is 227 g/mol. The highest BCUT2D eigenvalue weighted by Crippen LogP contribution is 1.90. The van der Waals surface area contributed by atoms with Gasteiger partial charge >= 0.3 is 6.09 Å². The Morgan fingerprint density at radius 3 is 2.62 bits per heavy atom.